The van der Waals surface area contributed by atoms with Gasteiger partial charge in [0.1, 0.15) is 0 Å². The summed E-state index contributed by atoms with van der Waals surface area (Å²) in [4.78, 5) is 10.2. The number of hydrogen-bond donors (Lipinski definition) is 2. The van der Waals surface area contributed by atoms with Crippen LogP contribution < -0.4 is 5.32 Å². The Balaban J connectivity index is 1.99. The Morgan fingerprint density at radius 1 is 1.50 bits per heavy atom. The molecule has 2 N–H and O–H groups in total. The number of nitrogens with zero attached hydrogens (tertiary/aromatic N) is 1. The standard InChI is InChI=1S/C11H14N2O3/c14-8-11(4-5-11)12-7-9-2-1-3-10(6-9)13(15)16/h1-3,6,12,14H,4-5,7-8H2. The fraction of sp³-hybridized carbons (Fsp3) is 0.455. The van der Waals surface area contributed by atoms with E-state index in [1.165, 1.54) is 6.07 Å². The molecule has 0 heterocycles. The van der Waals surface area contributed by atoms with E-state index in [0.29, 0.717) is 6.54 Å². The molecule has 0 radical (unpaired) electrons. The van der Waals surface area contributed by atoms with Gasteiger partial charge in [-0.25, -0.2) is 0 Å². The summed E-state index contributed by atoms with van der Waals surface area (Å²) < 4.78 is 0. The Kier molecular flexibility index (Phi) is 2.89. The van der Waals surface area contributed by atoms with Gasteiger partial charge in [-0.15, -0.1) is 0 Å². The minimum Gasteiger partial charge on any atom is -0.394 e. The second-order valence-corrected chi connectivity index (χ2v) is 4.22. The Hall–Kier alpha value is -1.46. The van der Waals surface area contributed by atoms with Crippen molar-refractivity contribution in [2.75, 3.05) is 6.61 Å². The summed E-state index contributed by atoms with van der Waals surface area (Å²) >= 11 is 0. The van der Waals surface area contributed by atoms with Gasteiger partial charge in [0.25, 0.3) is 5.69 Å². The van der Waals surface area contributed by atoms with Gasteiger partial charge in [0.15, 0.2) is 0 Å². The first kappa shape index (κ1) is 11.0. The monoisotopic (exact) mass is 222 g/mol. The first-order valence-corrected chi connectivity index (χ1v) is 5.24. The Labute approximate surface area is 93.2 Å². The maximum atomic E-state index is 10.6. The lowest BCUT2D eigenvalue weighted by Crippen LogP contribution is -2.34. The van der Waals surface area contributed by atoms with Gasteiger partial charge < -0.3 is 10.4 Å². The van der Waals surface area contributed by atoms with Gasteiger partial charge >= 0.3 is 0 Å². The van der Waals surface area contributed by atoms with Crippen LogP contribution in [0.5, 0.6) is 0 Å². The maximum absolute atomic E-state index is 10.6. The van der Waals surface area contributed by atoms with Gasteiger partial charge in [-0.2, -0.15) is 0 Å². The molecule has 1 saturated carbocycles. The quantitative estimate of drug-likeness (QED) is 0.580. The zero-order valence-electron chi connectivity index (χ0n) is 8.85. The van der Waals surface area contributed by atoms with E-state index in [0.717, 1.165) is 18.4 Å². The first-order valence-electron chi connectivity index (χ1n) is 5.24. The molecule has 0 unspecified atom stereocenters. The van der Waals surface area contributed by atoms with Gasteiger partial charge in [0.2, 0.25) is 0 Å². The van der Waals surface area contributed by atoms with Crippen molar-refractivity contribution in [3.8, 4) is 0 Å². The van der Waals surface area contributed by atoms with Crippen LogP contribution in [0.3, 0.4) is 0 Å². The smallest absolute Gasteiger partial charge is 0.269 e. The SMILES string of the molecule is O=[N+]([O-])c1cccc(CNC2(CO)CC2)c1. The largest absolute Gasteiger partial charge is 0.394 e. The van der Waals surface area contributed by atoms with Gasteiger partial charge in [0, 0.05) is 24.2 Å². The Morgan fingerprint density at radius 2 is 2.25 bits per heavy atom. The number of aliphatic hydroxyl groups is 1. The third-order valence-corrected chi connectivity index (χ3v) is 2.95. The minimum atomic E-state index is -0.400. The fourth-order valence-electron chi connectivity index (χ4n) is 1.61. The van der Waals surface area contributed by atoms with E-state index < -0.39 is 4.92 Å². The zero-order valence-corrected chi connectivity index (χ0v) is 8.85. The third-order valence-electron chi connectivity index (χ3n) is 2.95. The summed E-state index contributed by atoms with van der Waals surface area (Å²) in [5.41, 5.74) is 0.840. The van der Waals surface area contributed by atoms with Crippen molar-refractivity contribution in [2.24, 2.45) is 0 Å². The summed E-state index contributed by atoms with van der Waals surface area (Å²) in [6.07, 6.45) is 1.94. The second-order valence-electron chi connectivity index (χ2n) is 4.22. The fourth-order valence-corrected chi connectivity index (χ4v) is 1.61. The van der Waals surface area contributed by atoms with Crippen molar-refractivity contribution in [3.63, 3.8) is 0 Å². The number of benzene rings is 1. The van der Waals surface area contributed by atoms with Crippen molar-refractivity contribution >= 4 is 5.69 Å². The molecule has 16 heavy (non-hydrogen) atoms. The topological polar surface area (TPSA) is 75.4 Å². The van der Waals surface area contributed by atoms with E-state index in [9.17, 15) is 10.1 Å². The molecule has 0 saturated heterocycles. The molecule has 0 bridgehead atoms. The molecule has 0 aromatic heterocycles. The van der Waals surface area contributed by atoms with Crippen LogP contribution in [0.1, 0.15) is 18.4 Å². The number of nitrogens with one attached hydrogen (secondary N) is 1. The molecule has 1 aliphatic rings. The molecule has 0 atom stereocenters. The molecule has 2 rings (SSSR count). The number of nitro groups is 1. The number of rotatable bonds is 5. The van der Waals surface area contributed by atoms with Crippen molar-refractivity contribution in [1.82, 2.24) is 5.32 Å². The van der Waals surface area contributed by atoms with Crippen LogP contribution in [-0.2, 0) is 6.54 Å². The molecule has 1 aliphatic carbocycles. The van der Waals surface area contributed by atoms with E-state index in [2.05, 4.69) is 5.32 Å². The van der Waals surface area contributed by atoms with E-state index in [1.54, 1.807) is 12.1 Å². The average molecular weight is 222 g/mol. The Bertz CT molecular complexity index is 402. The normalized spacial score (nSPS) is 17.1. The van der Waals surface area contributed by atoms with Crippen LogP contribution in [0.15, 0.2) is 24.3 Å². The van der Waals surface area contributed by atoms with Crippen LogP contribution in [0, 0.1) is 10.1 Å². The molecule has 1 aromatic carbocycles. The first-order chi connectivity index (χ1) is 7.65. The highest BCUT2D eigenvalue weighted by atomic mass is 16.6. The van der Waals surface area contributed by atoms with Gasteiger partial charge in [-0.05, 0) is 18.4 Å². The highest BCUT2D eigenvalue weighted by Crippen LogP contribution is 2.34. The van der Waals surface area contributed by atoms with Crippen molar-refractivity contribution in [3.05, 3.63) is 39.9 Å². The lowest BCUT2D eigenvalue weighted by atomic mass is 10.2. The lowest BCUT2D eigenvalue weighted by Gasteiger charge is -2.13. The van der Waals surface area contributed by atoms with Crippen LogP contribution in [0.4, 0.5) is 5.69 Å². The molecule has 1 aromatic rings. The predicted molar refractivity (Wildman–Crippen MR) is 59.0 cm³/mol. The molecule has 0 spiro atoms. The predicted octanol–water partition coefficient (Wildman–Crippen LogP) is 1.21. The average Bonchev–Trinajstić information content (AvgIpc) is 3.07. The van der Waals surface area contributed by atoms with Crippen LogP contribution in [0.25, 0.3) is 0 Å². The summed E-state index contributed by atoms with van der Waals surface area (Å²) in [7, 11) is 0. The molecule has 5 nitrogen and oxygen atoms in total. The van der Waals surface area contributed by atoms with E-state index in [4.69, 9.17) is 5.11 Å². The maximum Gasteiger partial charge on any atom is 0.269 e. The number of non-ortho nitro benzene ring substituents is 1. The lowest BCUT2D eigenvalue weighted by molar-refractivity contribution is -0.384. The van der Waals surface area contributed by atoms with E-state index >= 15 is 0 Å². The van der Waals surface area contributed by atoms with Crippen molar-refractivity contribution in [2.45, 2.75) is 24.9 Å². The van der Waals surface area contributed by atoms with Gasteiger partial charge in [0.05, 0.1) is 11.5 Å². The Morgan fingerprint density at radius 3 is 2.81 bits per heavy atom. The molecule has 0 aliphatic heterocycles. The highest BCUT2D eigenvalue weighted by Gasteiger charge is 2.41. The van der Waals surface area contributed by atoms with E-state index in [1.807, 2.05) is 6.07 Å². The van der Waals surface area contributed by atoms with Crippen LogP contribution >= 0.6 is 0 Å². The molecule has 5 heteroatoms. The zero-order chi connectivity index (χ0) is 11.6. The molecule has 0 amide bonds. The third kappa shape index (κ3) is 2.37. The number of aliphatic hydroxyl groups excluding tert-OH is 1. The second kappa shape index (κ2) is 4.19. The van der Waals surface area contributed by atoms with Crippen LogP contribution in [0.2, 0.25) is 0 Å². The molecular weight excluding hydrogens is 208 g/mol. The number of hydrogen-bond acceptors (Lipinski definition) is 4. The van der Waals surface area contributed by atoms with Crippen LogP contribution in [-0.4, -0.2) is 22.2 Å². The highest BCUT2D eigenvalue weighted by molar-refractivity contribution is 5.34. The minimum absolute atomic E-state index is 0.105. The summed E-state index contributed by atoms with van der Waals surface area (Å²) in [5, 5.41) is 22.9. The van der Waals surface area contributed by atoms with E-state index in [-0.39, 0.29) is 17.8 Å². The summed E-state index contributed by atoms with van der Waals surface area (Å²) in [6, 6.07) is 6.55. The van der Waals surface area contributed by atoms with Crippen molar-refractivity contribution < 1.29 is 10.0 Å². The van der Waals surface area contributed by atoms with Crippen molar-refractivity contribution in [1.29, 1.82) is 0 Å². The number of nitro benzene ring substituents is 1. The summed E-state index contributed by atoms with van der Waals surface area (Å²) in [5.74, 6) is 0. The van der Waals surface area contributed by atoms with Gasteiger partial charge in [-0.3, -0.25) is 10.1 Å². The molecule has 86 valence electrons. The molecular formula is C11H14N2O3. The molecule has 1 fully saturated rings. The summed E-state index contributed by atoms with van der Waals surface area (Å²) in [6.45, 7) is 0.685. The van der Waals surface area contributed by atoms with Gasteiger partial charge in [-0.1, -0.05) is 12.1 Å².